The molecule has 38 heavy (non-hydrogen) atoms. The van der Waals surface area contributed by atoms with Crippen LogP contribution >= 0.6 is 0 Å². The van der Waals surface area contributed by atoms with Gasteiger partial charge in [0.05, 0.1) is 0 Å². The summed E-state index contributed by atoms with van der Waals surface area (Å²) in [7, 11) is -2.63. The Labute approximate surface area is 233 Å². The molecule has 3 nitrogen and oxygen atoms in total. The molecule has 2 rings (SSSR count). The Bertz CT molecular complexity index is 921. The minimum Gasteiger partial charge on any atom is -0.481 e. The Balaban J connectivity index is 2.26. The van der Waals surface area contributed by atoms with Gasteiger partial charge in [-0.05, 0) is 53.9 Å². The second kappa shape index (κ2) is 17.2. The first-order chi connectivity index (χ1) is 18.3. The van der Waals surface area contributed by atoms with Crippen LogP contribution in [0.15, 0.2) is 85.0 Å². The Morgan fingerprint density at radius 2 is 1.39 bits per heavy atom. The molecule has 0 unspecified atom stereocenters. The highest BCUT2D eigenvalue weighted by molar-refractivity contribution is 6.99. The first-order valence-electron chi connectivity index (χ1n) is 14.6. The number of carboxylic acids is 1. The lowest BCUT2D eigenvalue weighted by molar-refractivity contribution is -0.137. The summed E-state index contributed by atoms with van der Waals surface area (Å²) < 4.78 is 7.45. The molecule has 0 saturated carbocycles. The lowest BCUT2D eigenvalue weighted by Crippen LogP contribution is -2.67. The van der Waals surface area contributed by atoms with Crippen molar-refractivity contribution in [3.8, 4) is 0 Å². The minimum absolute atomic E-state index is 0.0612. The summed E-state index contributed by atoms with van der Waals surface area (Å²) in [6, 6.07) is 21.7. The molecule has 0 aliphatic heterocycles. The van der Waals surface area contributed by atoms with E-state index in [-0.39, 0.29) is 17.6 Å². The molecule has 1 atom stereocenters. The van der Waals surface area contributed by atoms with E-state index >= 15 is 0 Å². The van der Waals surface area contributed by atoms with Gasteiger partial charge < -0.3 is 9.53 Å². The molecule has 0 radical (unpaired) electrons. The number of aliphatic carboxylic acids is 1. The second-order valence-electron chi connectivity index (χ2n) is 11.3. The zero-order valence-corrected chi connectivity index (χ0v) is 25.2. The molecule has 0 amide bonds. The van der Waals surface area contributed by atoms with Gasteiger partial charge in [-0.25, -0.2) is 0 Å². The van der Waals surface area contributed by atoms with Gasteiger partial charge in [-0.3, -0.25) is 4.79 Å². The molecule has 0 aliphatic carbocycles. The van der Waals surface area contributed by atoms with E-state index < -0.39 is 14.3 Å². The lowest BCUT2D eigenvalue weighted by atomic mass is 10.1. The average molecular weight is 535 g/mol. The van der Waals surface area contributed by atoms with Gasteiger partial charge in [-0.1, -0.05) is 138 Å². The van der Waals surface area contributed by atoms with Crippen LogP contribution in [0.2, 0.25) is 5.04 Å². The van der Waals surface area contributed by atoms with E-state index in [0.29, 0.717) is 0 Å². The Morgan fingerprint density at radius 1 is 0.816 bits per heavy atom. The molecule has 0 heterocycles. The maximum Gasteiger partial charge on any atom is 0.303 e. The molecule has 0 spiro atoms. The van der Waals surface area contributed by atoms with Crippen molar-refractivity contribution >= 4 is 24.7 Å². The van der Waals surface area contributed by atoms with E-state index in [0.717, 1.165) is 44.9 Å². The van der Waals surface area contributed by atoms with Crippen molar-refractivity contribution in [2.75, 3.05) is 0 Å². The number of benzene rings is 2. The van der Waals surface area contributed by atoms with E-state index in [1.165, 1.54) is 29.6 Å². The highest BCUT2D eigenvalue weighted by Gasteiger charge is 2.51. The van der Waals surface area contributed by atoms with Crippen molar-refractivity contribution in [3.63, 3.8) is 0 Å². The molecule has 2 aromatic rings. The van der Waals surface area contributed by atoms with Crippen LogP contribution < -0.4 is 10.4 Å². The molecule has 0 aliphatic rings. The summed E-state index contributed by atoms with van der Waals surface area (Å²) in [5, 5.41) is 11.6. The number of hydrogen-bond acceptors (Lipinski definition) is 2. The number of rotatable bonds is 18. The number of unbranched alkanes of at least 4 members (excludes halogenated alkanes) is 5. The fourth-order valence-electron chi connectivity index (χ4n) is 5.17. The molecule has 0 bridgehead atoms. The molecular weight excluding hydrogens is 484 g/mol. The summed E-state index contributed by atoms with van der Waals surface area (Å²) >= 11 is 0. The highest BCUT2D eigenvalue weighted by Crippen LogP contribution is 2.38. The molecule has 0 fully saturated rings. The van der Waals surface area contributed by atoms with Gasteiger partial charge in [0.2, 0.25) is 0 Å². The third kappa shape index (κ3) is 10.4. The van der Waals surface area contributed by atoms with Gasteiger partial charge in [0.15, 0.2) is 0 Å². The molecule has 0 saturated heterocycles. The van der Waals surface area contributed by atoms with Crippen molar-refractivity contribution in [2.45, 2.75) is 109 Å². The normalized spacial score (nSPS) is 13.4. The fourth-order valence-corrected chi connectivity index (χ4v) is 9.92. The fraction of sp³-hybridized carbons (Fsp3) is 0.500. The van der Waals surface area contributed by atoms with Crippen LogP contribution in [0.5, 0.6) is 0 Å². The summed E-state index contributed by atoms with van der Waals surface area (Å²) in [4.78, 5) is 11.0. The third-order valence-electron chi connectivity index (χ3n) is 7.19. The standard InChI is InChI=1S/C34H50O3Si/c1-5-6-7-8-9-10-11-12-16-23-30(24-17-13-22-29-33(35)36)37-38(34(2,3)4,31-25-18-14-19-26-31)32-27-20-15-21-28-32/h9-12,14-15,18-21,25-28,30H,5-8,13,16-17,22-24,29H2,1-4H3,(H,35,36)/b10-9+,12-11+/t30-/m1/s1. The van der Waals surface area contributed by atoms with Gasteiger partial charge in [0.1, 0.15) is 0 Å². The summed E-state index contributed by atoms with van der Waals surface area (Å²) in [6.07, 6.45) is 19.7. The first kappa shape index (κ1) is 31.8. The molecule has 208 valence electrons. The van der Waals surface area contributed by atoms with Crippen LogP contribution in [0.25, 0.3) is 0 Å². The van der Waals surface area contributed by atoms with Crippen LogP contribution in [0.1, 0.15) is 98.3 Å². The quantitative estimate of drug-likeness (QED) is 0.119. The number of allylic oxidation sites excluding steroid dienone is 4. The topological polar surface area (TPSA) is 46.5 Å². The maximum atomic E-state index is 11.0. The van der Waals surface area contributed by atoms with Crippen molar-refractivity contribution in [3.05, 3.63) is 85.0 Å². The maximum absolute atomic E-state index is 11.0. The average Bonchev–Trinajstić information content (AvgIpc) is 2.90. The van der Waals surface area contributed by atoms with Crippen molar-refractivity contribution in [1.82, 2.24) is 0 Å². The predicted octanol–water partition coefficient (Wildman–Crippen LogP) is 8.44. The minimum atomic E-state index is -2.63. The van der Waals surface area contributed by atoms with Gasteiger partial charge >= 0.3 is 5.97 Å². The van der Waals surface area contributed by atoms with E-state index in [1.54, 1.807) is 0 Å². The van der Waals surface area contributed by atoms with Gasteiger partial charge in [0, 0.05) is 12.5 Å². The number of hydrogen-bond donors (Lipinski definition) is 1. The van der Waals surface area contributed by atoms with E-state index in [1.807, 2.05) is 0 Å². The smallest absolute Gasteiger partial charge is 0.303 e. The van der Waals surface area contributed by atoms with Gasteiger partial charge in [0.25, 0.3) is 8.32 Å². The van der Waals surface area contributed by atoms with Crippen LogP contribution in [0, 0.1) is 0 Å². The largest absolute Gasteiger partial charge is 0.481 e. The zero-order chi connectivity index (χ0) is 27.7. The molecule has 0 aromatic heterocycles. The SMILES string of the molecule is CCCCC/C=C/C=C/CC[C@H](CCCCCC(=O)O)O[Si](c1ccccc1)(c1ccccc1)C(C)(C)C. The molecule has 2 aromatic carbocycles. The predicted molar refractivity (Wildman–Crippen MR) is 165 cm³/mol. The highest BCUT2D eigenvalue weighted by atomic mass is 28.4. The van der Waals surface area contributed by atoms with E-state index in [4.69, 9.17) is 9.53 Å². The van der Waals surface area contributed by atoms with Crippen LogP contribution in [0.4, 0.5) is 0 Å². The van der Waals surface area contributed by atoms with Crippen LogP contribution in [0.3, 0.4) is 0 Å². The van der Waals surface area contributed by atoms with E-state index in [9.17, 15) is 4.79 Å². The first-order valence-corrected chi connectivity index (χ1v) is 16.5. The van der Waals surface area contributed by atoms with Crippen LogP contribution in [-0.2, 0) is 9.22 Å². The van der Waals surface area contributed by atoms with E-state index in [2.05, 4.69) is 113 Å². The molecule has 1 N–H and O–H groups in total. The monoisotopic (exact) mass is 534 g/mol. The summed E-state index contributed by atoms with van der Waals surface area (Å²) in [6.45, 7) is 9.21. The third-order valence-corrected chi connectivity index (χ3v) is 12.3. The molecular formula is C34H50O3Si. The van der Waals surface area contributed by atoms with Gasteiger partial charge in [-0.2, -0.15) is 0 Å². The lowest BCUT2D eigenvalue weighted by Gasteiger charge is -2.45. The van der Waals surface area contributed by atoms with Crippen molar-refractivity contribution in [1.29, 1.82) is 0 Å². The zero-order valence-electron chi connectivity index (χ0n) is 24.2. The van der Waals surface area contributed by atoms with Crippen molar-refractivity contribution in [2.24, 2.45) is 0 Å². The number of carbonyl (C=O) groups is 1. The Hall–Kier alpha value is -2.43. The Kier molecular flexibility index (Phi) is 14.4. The number of carboxylic acid groups (broad SMARTS) is 1. The Morgan fingerprint density at radius 3 is 1.92 bits per heavy atom. The summed E-state index contributed by atoms with van der Waals surface area (Å²) in [5.41, 5.74) is 0. The summed E-state index contributed by atoms with van der Waals surface area (Å²) in [5.74, 6) is -0.710. The molecule has 4 heteroatoms. The van der Waals surface area contributed by atoms with Gasteiger partial charge in [-0.15, -0.1) is 0 Å². The van der Waals surface area contributed by atoms with Crippen LogP contribution in [-0.4, -0.2) is 25.5 Å². The van der Waals surface area contributed by atoms with Crippen molar-refractivity contribution < 1.29 is 14.3 Å². The second-order valence-corrected chi connectivity index (χ2v) is 15.6.